The molecule has 4 N–H and O–H groups in total. The molecule has 2 aliphatic rings. The van der Waals surface area contributed by atoms with E-state index in [1.165, 1.54) is 0 Å². The van der Waals surface area contributed by atoms with E-state index in [1.54, 1.807) is 20.8 Å². The number of hydrogen-bond donors (Lipinski definition) is 4. The fourth-order valence-corrected chi connectivity index (χ4v) is 7.49. The molecule has 0 unspecified atom stereocenters. The number of rotatable bonds is 11. The molecule has 0 radical (unpaired) electrons. The number of nitrogens with one attached hydrogen (secondary N) is 4. The summed E-state index contributed by atoms with van der Waals surface area (Å²) in [4.78, 5) is 45.8. The van der Waals surface area contributed by atoms with Crippen molar-refractivity contribution in [3.8, 4) is 11.5 Å². The minimum absolute atomic E-state index is 0.0771. The van der Waals surface area contributed by atoms with Crippen LogP contribution < -0.4 is 16.0 Å². The highest BCUT2D eigenvalue weighted by molar-refractivity contribution is 8.00. The second kappa shape index (κ2) is 13.0. The first-order valence-electron chi connectivity index (χ1n) is 15.4. The van der Waals surface area contributed by atoms with Crippen LogP contribution in [0.1, 0.15) is 52.0 Å². The monoisotopic (exact) mass is 633 g/mol. The average Bonchev–Trinajstić information content (AvgIpc) is 3.77. The van der Waals surface area contributed by atoms with Crippen LogP contribution in [0.4, 0.5) is 9.59 Å². The Balaban J connectivity index is 1.11. The molecular formula is C33H39N5O6S. The van der Waals surface area contributed by atoms with Gasteiger partial charge in [0, 0.05) is 40.1 Å². The van der Waals surface area contributed by atoms with E-state index in [-0.39, 0.29) is 31.1 Å². The van der Waals surface area contributed by atoms with Crippen LogP contribution in [-0.2, 0) is 20.7 Å². The Morgan fingerprint density at radius 1 is 1.11 bits per heavy atom. The second-order valence-electron chi connectivity index (χ2n) is 12.6. The maximum Gasteiger partial charge on any atom is 0.408 e. The van der Waals surface area contributed by atoms with Crippen molar-refractivity contribution in [2.45, 2.75) is 81.9 Å². The molecular weight excluding hydrogens is 594 g/mol. The number of carbonyl (C=O) groups is 3. The summed E-state index contributed by atoms with van der Waals surface area (Å²) in [6.45, 7) is 5.56. The van der Waals surface area contributed by atoms with Gasteiger partial charge < -0.3 is 34.8 Å². The third-order valence-corrected chi connectivity index (χ3v) is 9.53. The van der Waals surface area contributed by atoms with Gasteiger partial charge in [-0.05, 0) is 63.4 Å². The van der Waals surface area contributed by atoms with E-state index in [4.69, 9.17) is 18.9 Å². The highest BCUT2D eigenvalue weighted by Crippen LogP contribution is 2.34. The molecule has 0 bridgehead atoms. The minimum Gasteiger partial charge on any atom is -0.464 e. The Kier molecular flexibility index (Phi) is 8.93. The Hall–Kier alpha value is -4.19. The number of carbonyl (C=O) groups excluding carboxylic acids is 3. The van der Waals surface area contributed by atoms with Gasteiger partial charge in [0.2, 0.25) is 5.89 Å². The molecule has 4 aromatic rings. The Morgan fingerprint density at radius 3 is 2.73 bits per heavy atom. The van der Waals surface area contributed by atoms with Gasteiger partial charge in [-0.25, -0.2) is 19.4 Å². The number of nitrogens with zero attached hydrogens (tertiary/aromatic N) is 1. The van der Waals surface area contributed by atoms with Crippen LogP contribution in [0.2, 0.25) is 0 Å². The highest BCUT2D eigenvalue weighted by atomic mass is 32.2. The molecule has 2 saturated heterocycles. The molecule has 2 aliphatic heterocycles. The van der Waals surface area contributed by atoms with Gasteiger partial charge in [-0.15, -0.1) is 0 Å². The number of benzene rings is 2. The van der Waals surface area contributed by atoms with Gasteiger partial charge in [0.1, 0.15) is 17.2 Å². The zero-order chi connectivity index (χ0) is 31.6. The number of alkyl carbamates (subject to hydrolysis) is 1. The fourth-order valence-electron chi connectivity index (χ4n) is 5.95. The SMILES string of the molecule is CC(C)(C)OC(=O)N[C@@H](Cc1c[nH]c2ccc3oc(-c4ccccc4)nc3c12)C(=O)OCCCCC[C@@H]1SC[C@@H]2NC(=O)N[C@@H]21. The summed E-state index contributed by atoms with van der Waals surface area (Å²) >= 11 is 1.89. The maximum atomic E-state index is 13.4. The summed E-state index contributed by atoms with van der Waals surface area (Å²) < 4.78 is 17.2. The van der Waals surface area contributed by atoms with E-state index < -0.39 is 23.7 Å². The van der Waals surface area contributed by atoms with Crippen molar-refractivity contribution in [1.29, 1.82) is 0 Å². The number of fused-ring (bicyclic) bond motifs is 4. The summed E-state index contributed by atoms with van der Waals surface area (Å²) in [6.07, 6.45) is 4.87. The van der Waals surface area contributed by atoms with E-state index in [1.807, 2.05) is 60.4 Å². The summed E-state index contributed by atoms with van der Waals surface area (Å²) in [5.41, 5.74) is 3.07. The number of unbranched alkanes of at least 4 members (excludes halogenated alkanes) is 2. The fraction of sp³-hybridized carbons (Fsp3) is 0.455. The van der Waals surface area contributed by atoms with Crippen molar-refractivity contribution in [1.82, 2.24) is 25.9 Å². The number of aromatic amines is 1. The van der Waals surface area contributed by atoms with E-state index in [2.05, 4.69) is 20.9 Å². The summed E-state index contributed by atoms with van der Waals surface area (Å²) in [5.74, 6) is 0.912. The van der Waals surface area contributed by atoms with Crippen LogP contribution in [0.3, 0.4) is 0 Å². The van der Waals surface area contributed by atoms with E-state index in [0.29, 0.717) is 28.7 Å². The van der Waals surface area contributed by atoms with Crippen LogP contribution in [-0.4, -0.2) is 69.4 Å². The number of thioether (sulfide) groups is 1. The molecule has 0 aliphatic carbocycles. The Morgan fingerprint density at radius 2 is 1.93 bits per heavy atom. The maximum absolute atomic E-state index is 13.4. The molecule has 3 amide bonds. The summed E-state index contributed by atoms with van der Waals surface area (Å²) in [6, 6.07) is 12.8. The standard InChI is InChI=1S/C33H39N5O6S/c1-33(2,3)44-32(41)36-22(30(39)42-15-9-5-8-12-25-27-23(18-45-25)35-31(40)38-27)16-20-17-34-21-13-14-24-28(26(20)21)37-29(43-24)19-10-6-4-7-11-19/h4,6-7,10-11,13-14,17,22-23,25,27,34H,5,8-9,12,15-16,18H2,1-3H3,(H,36,41)(H2,35,38,40)/t22-,23-,25-,27-/m0/s1. The molecule has 238 valence electrons. The van der Waals surface area contributed by atoms with Crippen LogP contribution in [0.25, 0.3) is 33.5 Å². The van der Waals surface area contributed by atoms with Crippen molar-refractivity contribution in [2.75, 3.05) is 12.4 Å². The number of amides is 3. The lowest BCUT2D eigenvalue weighted by Crippen LogP contribution is -2.45. The second-order valence-corrected chi connectivity index (χ2v) is 13.8. The lowest BCUT2D eigenvalue weighted by molar-refractivity contribution is -0.146. The van der Waals surface area contributed by atoms with Gasteiger partial charge in [-0.3, -0.25) is 0 Å². The van der Waals surface area contributed by atoms with Crippen molar-refractivity contribution in [2.24, 2.45) is 0 Å². The molecule has 45 heavy (non-hydrogen) atoms. The molecule has 12 heteroatoms. The van der Waals surface area contributed by atoms with Crippen molar-refractivity contribution in [3.05, 3.63) is 54.2 Å². The van der Waals surface area contributed by atoms with Gasteiger partial charge in [0.05, 0.1) is 18.7 Å². The number of hydrogen-bond acceptors (Lipinski definition) is 8. The quantitative estimate of drug-likeness (QED) is 0.0937. The minimum atomic E-state index is -0.972. The van der Waals surface area contributed by atoms with Gasteiger partial charge in [0.25, 0.3) is 0 Å². The van der Waals surface area contributed by atoms with Gasteiger partial charge in [-0.1, -0.05) is 31.0 Å². The number of esters is 1. The van der Waals surface area contributed by atoms with E-state index in [9.17, 15) is 14.4 Å². The molecule has 0 spiro atoms. The first kappa shape index (κ1) is 30.8. The topological polar surface area (TPSA) is 148 Å². The Bertz CT molecular complexity index is 1680. The predicted molar refractivity (Wildman–Crippen MR) is 173 cm³/mol. The van der Waals surface area contributed by atoms with Crippen LogP contribution >= 0.6 is 11.8 Å². The number of aromatic nitrogens is 2. The largest absolute Gasteiger partial charge is 0.464 e. The van der Waals surface area contributed by atoms with Crippen molar-refractivity contribution < 1.29 is 28.3 Å². The van der Waals surface area contributed by atoms with E-state index >= 15 is 0 Å². The highest BCUT2D eigenvalue weighted by Gasteiger charge is 2.42. The van der Waals surface area contributed by atoms with Crippen LogP contribution in [0, 0.1) is 0 Å². The molecule has 11 nitrogen and oxygen atoms in total. The predicted octanol–water partition coefficient (Wildman–Crippen LogP) is 5.68. The third-order valence-electron chi connectivity index (χ3n) is 8.02. The number of oxazole rings is 1. The van der Waals surface area contributed by atoms with Crippen LogP contribution in [0.5, 0.6) is 0 Å². The van der Waals surface area contributed by atoms with E-state index in [0.717, 1.165) is 47.0 Å². The van der Waals surface area contributed by atoms with Gasteiger partial charge >= 0.3 is 18.1 Å². The Labute approximate surface area is 265 Å². The molecule has 0 saturated carbocycles. The zero-order valence-corrected chi connectivity index (χ0v) is 26.5. The number of urea groups is 1. The third kappa shape index (κ3) is 7.22. The van der Waals surface area contributed by atoms with Crippen molar-refractivity contribution in [3.63, 3.8) is 0 Å². The first-order chi connectivity index (χ1) is 21.6. The molecule has 2 aromatic carbocycles. The number of H-pyrrole nitrogens is 1. The zero-order valence-electron chi connectivity index (χ0n) is 25.7. The lowest BCUT2D eigenvalue weighted by Gasteiger charge is -2.23. The molecule has 4 heterocycles. The molecule has 2 aromatic heterocycles. The molecule has 6 rings (SSSR count). The molecule has 4 atom stereocenters. The lowest BCUT2D eigenvalue weighted by atomic mass is 10.0. The first-order valence-corrected chi connectivity index (χ1v) is 16.5. The van der Waals surface area contributed by atoms with Crippen molar-refractivity contribution >= 4 is 51.9 Å². The normalized spacial score (nSPS) is 20.1. The van der Waals surface area contributed by atoms with Gasteiger partial charge in [-0.2, -0.15) is 11.8 Å². The summed E-state index contributed by atoms with van der Waals surface area (Å²) in [7, 11) is 0. The van der Waals surface area contributed by atoms with Crippen LogP contribution in [0.15, 0.2) is 53.1 Å². The van der Waals surface area contributed by atoms with Gasteiger partial charge in [0.15, 0.2) is 5.58 Å². The summed E-state index contributed by atoms with van der Waals surface area (Å²) in [5, 5.41) is 9.95. The molecule has 2 fully saturated rings. The smallest absolute Gasteiger partial charge is 0.408 e. The number of ether oxygens (including phenoxy) is 2. The average molecular weight is 634 g/mol.